The van der Waals surface area contributed by atoms with Crippen LogP contribution in [0.25, 0.3) is 0 Å². The van der Waals surface area contributed by atoms with Crippen LogP contribution in [0.4, 0.5) is 0 Å². The van der Waals surface area contributed by atoms with Crippen LogP contribution in [0.5, 0.6) is 0 Å². The fraction of sp³-hybridized carbons (Fsp3) is 0.500. The first kappa shape index (κ1) is 4.56. The molecule has 7 heavy (non-hydrogen) atoms. The van der Waals surface area contributed by atoms with E-state index < -0.39 is 0 Å². The molecular weight excluding hydrogens is 90.9 g/mol. The van der Waals surface area contributed by atoms with Gasteiger partial charge in [0.1, 0.15) is 5.76 Å². The van der Waals surface area contributed by atoms with Crippen LogP contribution in [0, 0.1) is 0 Å². The van der Waals surface area contributed by atoms with Gasteiger partial charge in [-0.1, -0.05) is 6.92 Å². The normalized spacial score (nSPS) is 16.4. The molecule has 37 valence electrons. The predicted octanol–water partition coefficient (Wildman–Crippen LogP) is 0.819. The van der Waals surface area contributed by atoms with Crippen molar-refractivity contribution in [2.45, 2.75) is 13.3 Å². The third kappa shape index (κ3) is 0.887. The molecule has 1 rings (SSSR count). The molecule has 0 aromatic heterocycles. The van der Waals surface area contributed by atoms with E-state index in [1.807, 2.05) is 6.92 Å². The minimum Gasteiger partial charge on any atom is -0.529 e. The Morgan fingerprint density at radius 2 is 2.71 bits per heavy atom. The van der Waals surface area contributed by atoms with Crippen molar-refractivity contribution in [1.82, 2.24) is 0 Å². The average molecular weight is 96.9 g/mol. The number of hydrogen-bond acceptors (Lipinski definition) is 2. The van der Waals surface area contributed by atoms with Crippen molar-refractivity contribution in [1.29, 1.82) is 0 Å². The highest BCUT2D eigenvalue weighted by Crippen LogP contribution is 2.06. The maximum atomic E-state index is 4.82. The summed E-state index contributed by atoms with van der Waals surface area (Å²) < 4.78 is 9.45. The molecule has 3 heteroatoms. The molecule has 0 saturated carbocycles. The zero-order chi connectivity index (χ0) is 5.11. The maximum absolute atomic E-state index is 4.82. The van der Waals surface area contributed by atoms with Gasteiger partial charge in [-0.2, -0.15) is 0 Å². The van der Waals surface area contributed by atoms with Crippen molar-refractivity contribution in [3.8, 4) is 0 Å². The van der Waals surface area contributed by atoms with E-state index in [-0.39, 0.29) is 0 Å². The zero-order valence-corrected chi connectivity index (χ0v) is 4.18. The minimum absolute atomic E-state index is 0.889. The summed E-state index contributed by atoms with van der Waals surface area (Å²) in [7, 11) is 1.32. The Bertz CT molecular complexity index is 89.7. The first-order valence-electron chi connectivity index (χ1n) is 2.26. The molecule has 0 spiro atoms. The predicted molar refractivity (Wildman–Crippen MR) is 26.3 cm³/mol. The molecule has 0 aromatic carbocycles. The van der Waals surface area contributed by atoms with Crippen molar-refractivity contribution in [3.05, 3.63) is 12.0 Å². The Morgan fingerprint density at radius 3 is 3.00 bits per heavy atom. The van der Waals surface area contributed by atoms with E-state index in [2.05, 4.69) is 4.65 Å². The van der Waals surface area contributed by atoms with Crippen molar-refractivity contribution in [3.63, 3.8) is 0 Å². The monoisotopic (exact) mass is 97.0 g/mol. The van der Waals surface area contributed by atoms with Gasteiger partial charge in [0, 0.05) is 6.42 Å². The molecule has 2 nitrogen and oxygen atoms in total. The lowest BCUT2D eigenvalue weighted by Crippen LogP contribution is -1.87. The highest BCUT2D eigenvalue weighted by Gasteiger charge is 2.06. The van der Waals surface area contributed by atoms with E-state index in [0.29, 0.717) is 0 Å². The van der Waals surface area contributed by atoms with Crippen LogP contribution < -0.4 is 0 Å². The molecule has 1 aliphatic heterocycles. The third-order valence-corrected chi connectivity index (χ3v) is 0.803. The second kappa shape index (κ2) is 1.91. The van der Waals surface area contributed by atoms with Gasteiger partial charge in [0.25, 0.3) is 0 Å². The Kier molecular flexibility index (Phi) is 1.25. The quantitative estimate of drug-likeness (QED) is 0.451. The van der Waals surface area contributed by atoms with Crippen LogP contribution in [0.15, 0.2) is 12.0 Å². The van der Waals surface area contributed by atoms with Gasteiger partial charge in [-0.25, -0.2) is 0 Å². The molecule has 1 radical (unpaired) electrons. The van der Waals surface area contributed by atoms with E-state index in [4.69, 9.17) is 4.65 Å². The smallest absolute Gasteiger partial charge is 0.529 e. The second-order valence-corrected chi connectivity index (χ2v) is 1.29. The summed E-state index contributed by atoms with van der Waals surface area (Å²) >= 11 is 0. The molecule has 0 unspecified atom stereocenters. The van der Waals surface area contributed by atoms with Crippen LogP contribution >= 0.6 is 0 Å². The van der Waals surface area contributed by atoms with Crippen LogP contribution in [-0.2, 0) is 9.31 Å². The van der Waals surface area contributed by atoms with Crippen LogP contribution in [0.2, 0.25) is 0 Å². The van der Waals surface area contributed by atoms with Gasteiger partial charge in [0.2, 0.25) is 0 Å². The van der Waals surface area contributed by atoms with Crippen molar-refractivity contribution in [2.24, 2.45) is 0 Å². The highest BCUT2D eigenvalue weighted by molar-refractivity contribution is 6.19. The van der Waals surface area contributed by atoms with Crippen molar-refractivity contribution < 1.29 is 9.31 Å². The molecular formula is C4H6BO2. The van der Waals surface area contributed by atoms with E-state index in [1.54, 1.807) is 6.26 Å². The lowest BCUT2D eigenvalue weighted by Gasteiger charge is -1.90. The molecule has 0 bridgehead atoms. The van der Waals surface area contributed by atoms with E-state index >= 15 is 0 Å². The van der Waals surface area contributed by atoms with E-state index in [1.165, 1.54) is 7.69 Å². The molecule has 0 fully saturated rings. The SMILES string of the molecule is CCC1=CO[B]O1. The zero-order valence-electron chi connectivity index (χ0n) is 4.18. The standard InChI is InChI=1S/C4H6BO2/c1-2-4-3-6-5-7-4/h3H,2H2,1H3. The topological polar surface area (TPSA) is 18.5 Å². The Morgan fingerprint density at radius 1 is 1.86 bits per heavy atom. The van der Waals surface area contributed by atoms with Gasteiger partial charge in [-0.15, -0.1) is 0 Å². The number of rotatable bonds is 1. The Hall–Kier alpha value is -0.595. The molecule has 0 aliphatic carbocycles. The molecule has 1 heterocycles. The fourth-order valence-corrected chi connectivity index (χ4v) is 0.388. The Labute approximate surface area is 43.4 Å². The van der Waals surface area contributed by atoms with E-state index in [9.17, 15) is 0 Å². The summed E-state index contributed by atoms with van der Waals surface area (Å²) in [5.74, 6) is 0.889. The average Bonchev–Trinajstić information content (AvgIpc) is 2.14. The van der Waals surface area contributed by atoms with Crippen LogP contribution in [0.1, 0.15) is 13.3 Å². The van der Waals surface area contributed by atoms with Crippen LogP contribution in [0.3, 0.4) is 0 Å². The van der Waals surface area contributed by atoms with Gasteiger partial charge in [-0.05, 0) is 0 Å². The van der Waals surface area contributed by atoms with Gasteiger partial charge in [0.15, 0.2) is 0 Å². The van der Waals surface area contributed by atoms with Gasteiger partial charge in [-0.3, -0.25) is 0 Å². The summed E-state index contributed by atoms with van der Waals surface area (Å²) in [6, 6.07) is 0. The molecule has 0 atom stereocenters. The van der Waals surface area contributed by atoms with Gasteiger partial charge < -0.3 is 9.31 Å². The maximum Gasteiger partial charge on any atom is 0.657 e. The molecule has 0 aromatic rings. The van der Waals surface area contributed by atoms with Gasteiger partial charge in [0.05, 0.1) is 6.26 Å². The summed E-state index contributed by atoms with van der Waals surface area (Å²) in [6.07, 6.45) is 2.50. The largest absolute Gasteiger partial charge is 0.657 e. The van der Waals surface area contributed by atoms with Crippen molar-refractivity contribution in [2.75, 3.05) is 0 Å². The summed E-state index contributed by atoms with van der Waals surface area (Å²) in [6.45, 7) is 2.01. The number of hydrogen-bond donors (Lipinski definition) is 0. The summed E-state index contributed by atoms with van der Waals surface area (Å²) in [5.41, 5.74) is 0. The van der Waals surface area contributed by atoms with Crippen molar-refractivity contribution >= 4 is 7.69 Å². The first-order valence-corrected chi connectivity index (χ1v) is 2.26. The summed E-state index contributed by atoms with van der Waals surface area (Å²) in [5, 5.41) is 0. The minimum atomic E-state index is 0.889. The molecule has 0 saturated heterocycles. The first-order chi connectivity index (χ1) is 3.43. The molecule has 0 N–H and O–H groups in total. The van der Waals surface area contributed by atoms with Crippen LogP contribution in [-0.4, -0.2) is 7.69 Å². The summed E-state index contributed by atoms with van der Waals surface area (Å²) in [4.78, 5) is 0. The molecule has 1 aliphatic rings. The Balaban J connectivity index is 2.36. The van der Waals surface area contributed by atoms with Gasteiger partial charge >= 0.3 is 7.69 Å². The highest BCUT2D eigenvalue weighted by atomic mass is 16.6. The second-order valence-electron chi connectivity index (χ2n) is 1.29. The third-order valence-electron chi connectivity index (χ3n) is 0.803. The number of allylic oxidation sites excluding steroid dienone is 1. The lowest BCUT2D eigenvalue weighted by molar-refractivity contribution is 0.412. The lowest BCUT2D eigenvalue weighted by atomic mass is 10.4. The van der Waals surface area contributed by atoms with E-state index in [0.717, 1.165) is 12.2 Å². The molecule has 0 amide bonds. The fourth-order valence-electron chi connectivity index (χ4n) is 0.388.